The van der Waals surface area contributed by atoms with Crippen LogP contribution in [-0.4, -0.2) is 48.9 Å². The number of nitro groups is 1. The molecule has 1 aliphatic heterocycles. The molecule has 0 fully saturated rings. The van der Waals surface area contributed by atoms with Crippen molar-refractivity contribution in [3.8, 4) is 5.69 Å². The van der Waals surface area contributed by atoms with Crippen molar-refractivity contribution in [1.29, 1.82) is 0 Å². The second kappa shape index (κ2) is 9.02. The van der Waals surface area contributed by atoms with Crippen molar-refractivity contribution in [2.45, 2.75) is 19.8 Å². The predicted octanol–water partition coefficient (Wildman–Crippen LogP) is 3.65. The normalized spacial score (nSPS) is 12.8. The van der Waals surface area contributed by atoms with Crippen LogP contribution in [0.4, 0.5) is 11.4 Å². The lowest BCUT2D eigenvalue weighted by Gasteiger charge is -2.13. The quantitative estimate of drug-likeness (QED) is 0.240. The van der Waals surface area contributed by atoms with Crippen LogP contribution >= 0.6 is 0 Å². The first kappa shape index (κ1) is 22.8. The molecular formula is C25H20N6O5. The van der Waals surface area contributed by atoms with Crippen molar-refractivity contribution in [3.05, 3.63) is 87.7 Å². The molecule has 1 aliphatic rings. The summed E-state index contributed by atoms with van der Waals surface area (Å²) >= 11 is 0. The molecule has 3 amide bonds. The van der Waals surface area contributed by atoms with E-state index in [0.29, 0.717) is 11.3 Å². The Hall–Kier alpha value is -4.93. The van der Waals surface area contributed by atoms with E-state index in [2.05, 4.69) is 15.4 Å². The van der Waals surface area contributed by atoms with Crippen LogP contribution in [0.1, 0.15) is 39.3 Å². The van der Waals surface area contributed by atoms with E-state index < -0.39 is 16.7 Å². The smallest absolute Gasteiger partial charge is 0.270 e. The maximum atomic E-state index is 12.6. The maximum Gasteiger partial charge on any atom is 0.270 e. The highest BCUT2D eigenvalue weighted by Crippen LogP contribution is 2.27. The number of carbonyl (C=O) groups is 3. The third-order valence-corrected chi connectivity index (χ3v) is 5.94. The Morgan fingerprint density at radius 1 is 1.06 bits per heavy atom. The van der Waals surface area contributed by atoms with E-state index in [1.807, 2.05) is 37.3 Å². The minimum atomic E-state index is -0.620. The number of nitrogens with one attached hydrogen (secondary N) is 1. The number of nitrogens with zero attached hydrogens (tertiary/aromatic N) is 5. The largest absolute Gasteiger partial charge is 0.325 e. The molecule has 11 heteroatoms. The fraction of sp³-hybridized carbons (Fsp3) is 0.160. The van der Waals surface area contributed by atoms with Gasteiger partial charge in [0.05, 0.1) is 39.3 Å². The fourth-order valence-corrected chi connectivity index (χ4v) is 4.18. The molecule has 0 bridgehead atoms. The van der Waals surface area contributed by atoms with Gasteiger partial charge in [0.15, 0.2) is 5.65 Å². The molecule has 180 valence electrons. The van der Waals surface area contributed by atoms with E-state index in [1.54, 1.807) is 16.9 Å². The average molecular weight is 484 g/mol. The van der Waals surface area contributed by atoms with Gasteiger partial charge in [-0.25, -0.2) is 9.67 Å². The molecule has 4 aromatic rings. The summed E-state index contributed by atoms with van der Waals surface area (Å²) in [4.78, 5) is 53.5. The Bertz CT molecular complexity index is 1550. The lowest BCUT2D eigenvalue weighted by molar-refractivity contribution is -0.384. The number of carbonyl (C=O) groups excluding carboxylic acids is 3. The Labute approximate surface area is 204 Å². The third-order valence-electron chi connectivity index (χ3n) is 5.94. The number of benzene rings is 2. The van der Waals surface area contributed by atoms with Crippen molar-refractivity contribution in [1.82, 2.24) is 19.7 Å². The van der Waals surface area contributed by atoms with E-state index in [1.165, 1.54) is 12.1 Å². The van der Waals surface area contributed by atoms with Gasteiger partial charge in [-0.3, -0.25) is 29.4 Å². The van der Waals surface area contributed by atoms with E-state index in [9.17, 15) is 24.5 Å². The van der Waals surface area contributed by atoms with Crippen LogP contribution in [0, 0.1) is 17.0 Å². The number of hydrogen-bond acceptors (Lipinski definition) is 7. The first-order chi connectivity index (χ1) is 17.3. The number of pyridine rings is 1. The zero-order chi connectivity index (χ0) is 25.4. The van der Waals surface area contributed by atoms with Crippen LogP contribution in [0.25, 0.3) is 16.7 Å². The number of amides is 3. The fourth-order valence-electron chi connectivity index (χ4n) is 4.18. The molecule has 2 aromatic heterocycles. The summed E-state index contributed by atoms with van der Waals surface area (Å²) in [5, 5.41) is 19.1. The van der Waals surface area contributed by atoms with Gasteiger partial charge in [0.1, 0.15) is 0 Å². The Kier molecular flexibility index (Phi) is 5.72. The van der Waals surface area contributed by atoms with Gasteiger partial charge < -0.3 is 5.32 Å². The van der Waals surface area contributed by atoms with Gasteiger partial charge in [0.25, 0.3) is 17.5 Å². The molecule has 2 aromatic carbocycles. The average Bonchev–Trinajstić information content (AvgIpc) is 3.33. The number of nitro benzene ring substituents is 1. The topological polar surface area (TPSA) is 140 Å². The van der Waals surface area contributed by atoms with Crippen molar-refractivity contribution in [3.63, 3.8) is 0 Å². The number of rotatable bonds is 7. The highest BCUT2D eigenvalue weighted by Gasteiger charge is 2.36. The van der Waals surface area contributed by atoms with Gasteiger partial charge >= 0.3 is 0 Å². The summed E-state index contributed by atoms with van der Waals surface area (Å²) in [6, 6.07) is 15.0. The van der Waals surface area contributed by atoms with Crippen LogP contribution in [0.15, 0.2) is 60.8 Å². The summed E-state index contributed by atoms with van der Waals surface area (Å²) in [5.74, 6) is -1.41. The molecule has 3 heterocycles. The Balaban J connectivity index is 1.22. The number of fused-ring (bicyclic) bond motifs is 2. The molecule has 0 aliphatic carbocycles. The van der Waals surface area contributed by atoms with Crippen LogP contribution in [0.2, 0.25) is 0 Å². The lowest BCUT2D eigenvalue weighted by atomic mass is 10.1. The number of para-hydroxylation sites is 1. The molecule has 0 spiro atoms. The van der Waals surface area contributed by atoms with Gasteiger partial charge in [-0.2, -0.15) is 5.10 Å². The molecule has 0 radical (unpaired) electrons. The van der Waals surface area contributed by atoms with Gasteiger partial charge in [-0.15, -0.1) is 0 Å². The van der Waals surface area contributed by atoms with Crippen LogP contribution in [0.5, 0.6) is 0 Å². The zero-order valence-electron chi connectivity index (χ0n) is 19.2. The second-order valence-electron chi connectivity index (χ2n) is 8.33. The first-order valence-corrected chi connectivity index (χ1v) is 11.2. The monoisotopic (exact) mass is 484 g/mol. The van der Waals surface area contributed by atoms with Crippen LogP contribution < -0.4 is 5.32 Å². The summed E-state index contributed by atoms with van der Waals surface area (Å²) < 4.78 is 1.74. The van der Waals surface area contributed by atoms with Crippen molar-refractivity contribution >= 4 is 40.1 Å². The van der Waals surface area contributed by atoms with Crippen molar-refractivity contribution < 1.29 is 19.3 Å². The van der Waals surface area contributed by atoms with E-state index in [4.69, 9.17) is 0 Å². The highest BCUT2D eigenvalue weighted by molar-refractivity contribution is 6.21. The Morgan fingerprint density at radius 2 is 1.81 bits per heavy atom. The van der Waals surface area contributed by atoms with Crippen LogP contribution in [-0.2, 0) is 4.79 Å². The summed E-state index contributed by atoms with van der Waals surface area (Å²) in [7, 11) is 0. The van der Waals surface area contributed by atoms with Crippen LogP contribution in [0.3, 0.4) is 0 Å². The van der Waals surface area contributed by atoms with Gasteiger partial charge in [-0.1, -0.05) is 18.2 Å². The molecule has 11 nitrogen and oxygen atoms in total. The number of anilines is 1. The molecule has 1 N–H and O–H groups in total. The number of aryl methyl sites for hydroxylation is 1. The SMILES string of the molecule is Cc1nn(-c2ccccc2)c2ncc(NC(=O)CCCN3C(=O)c4ccc([N+](=O)[O-])cc4C3=O)cc12. The molecule has 0 atom stereocenters. The van der Waals surface area contributed by atoms with Gasteiger partial charge in [-0.05, 0) is 37.6 Å². The van der Waals surface area contributed by atoms with E-state index >= 15 is 0 Å². The minimum Gasteiger partial charge on any atom is -0.325 e. The first-order valence-electron chi connectivity index (χ1n) is 11.2. The standard InChI is InChI=1S/C25H20N6O5/c1-15-20-12-16(14-26-23(20)30(28-15)17-6-3-2-4-7-17)27-22(32)8-5-11-29-24(33)19-10-9-18(31(35)36)13-21(19)25(29)34/h2-4,6-7,9-10,12-14H,5,8,11H2,1H3,(H,27,32). The number of non-ortho nitro benzene ring substituents is 1. The second-order valence-corrected chi connectivity index (χ2v) is 8.33. The van der Waals surface area contributed by atoms with E-state index in [-0.39, 0.29) is 42.1 Å². The summed E-state index contributed by atoms with van der Waals surface area (Å²) in [6.45, 7) is 1.89. The zero-order valence-corrected chi connectivity index (χ0v) is 19.2. The maximum absolute atomic E-state index is 12.6. The summed E-state index contributed by atoms with van der Waals surface area (Å²) in [5.41, 5.74) is 2.70. The van der Waals surface area contributed by atoms with Gasteiger partial charge in [0, 0.05) is 30.5 Å². The molecule has 0 saturated heterocycles. The third kappa shape index (κ3) is 4.06. The van der Waals surface area contributed by atoms with Crippen molar-refractivity contribution in [2.75, 3.05) is 11.9 Å². The number of aromatic nitrogens is 3. The predicted molar refractivity (Wildman–Crippen MR) is 130 cm³/mol. The van der Waals surface area contributed by atoms with Gasteiger partial charge in [0.2, 0.25) is 5.91 Å². The van der Waals surface area contributed by atoms with Crippen molar-refractivity contribution in [2.24, 2.45) is 0 Å². The summed E-state index contributed by atoms with van der Waals surface area (Å²) in [6.07, 6.45) is 1.85. The molecule has 0 saturated carbocycles. The van der Waals surface area contributed by atoms with E-state index in [0.717, 1.165) is 27.7 Å². The molecular weight excluding hydrogens is 464 g/mol. The number of hydrogen-bond donors (Lipinski definition) is 1. The Morgan fingerprint density at radius 3 is 2.56 bits per heavy atom. The molecule has 36 heavy (non-hydrogen) atoms. The molecule has 5 rings (SSSR count). The highest BCUT2D eigenvalue weighted by atomic mass is 16.6. The molecule has 0 unspecified atom stereocenters. The minimum absolute atomic E-state index is 0.00412. The lowest BCUT2D eigenvalue weighted by Crippen LogP contribution is -2.31. The number of imide groups is 1.